The van der Waals surface area contributed by atoms with Gasteiger partial charge in [-0.25, -0.2) is 0 Å². The number of aliphatic hydroxyl groups is 1. The Morgan fingerprint density at radius 2 is 1.66 bits per heavy atom. The maximum atomic E-state index is 11.7. The van der Waals surface area contributed by atoms with Gasteiger partial charge in [0.2, 0.25) is 0 Å². The van der Waals surface area contributed by atoms with E-state index in [9.17, 15) is 15.0 Å². The van der Waals surface area contributed by atoms with Crippen molar-refractivity contribution in [3.63, 3.8) is 0 Å². The first-order valence-electron chi connectivity index (χ1n) is 11.4. The maximum absolute atomic E-state index is 11.7. The number of aliphatic hydroxyl groups excluding tert-OH is 1. The van der Waals surface area contributed by atoms with Crippen LogP contribution < -0.4 is 15.5 Å². The van der Waals surface area contributed by atoms with Crippen LogP contribution in [-0.4, -0.2) is 34.8 Å². The van der Waals surface area contributed by atoms with Crippen molar-refractivity contribution in [2.75, 3.05) is 19.6 Å². The summed E-state index contributed by atoms with van der Waals surface area (Å²) < 4.78 is 0.585. The second-order valence-electron chi connectivity index (χ2n) is 8.31. The van der Waals surface area contributed by atoms with E-state index >= 15 is 0 Å². The van der Waals surface area contributed by atoms with Gasteiger partial charge in [0.15, 0.2) is 0 Å². The third-order valence-electron chi connectivity index (χ3n) is 5.81. The van der Waals surface area contributed by atoms with Gasteiger partial charge in [0.1, 0.15) is 11.3 Å². The molecule has 0 bridgehead atoms. The summed E-state index contributed by atoms with van der Waals surface area (Å²) in [6, 6.07) is 17.1. The smallest absolute Gasteiger partial charge is 0.305 e. The first-order chi connectivity index (χ1) is 16.9. The number of thiazole rings is 1. The molecule has 1 atom stereocenters. The van der Waals surface area contributed by atoms with Crippen molar-refractivity contribution in [1.29, 1.82) is 0 Å². The van der Waals surface area contributed by atoms with Crippen molar-refractivity contribution in [3.8, 4) is 5.75 Å². The lowest BCUT2D eigenvalue weighted by Gasteiger charge is -2.14. The predicted molar refractivity (Wildman–Crippen MR) is 144 cm³/mol. The van der Waals surface area contributed by atoms with Crippen LogP contribution in [0.3, 0.4) is 0 Å². The molecule has 6 nitrogen and oxygen atoms in total. The van der Waals surface area contributed by atoms with Gasteiger partial charge in [-0.3, -0.25) is 4.79 Å². The Hall–Kier alpha value is -2.39. The van der Waals surface area contributed by atoms with E-state index in [2.05, 4.69) is 33.8 Å². The first-order valence-corrected chi connectivity index (χ1v) is 12.9. The molecule has 35 heavy (non-hydrogen) atoms. The molecule has 0 radical (unpaired) electrons. The maximum Gasteiger partial charge on any atom is 0.305 e. The van der Waals surface area contributed by atoms with Crippen LogP contribution in [0.15, 0.2) is 59.4 Å². The number of hydrogen-bond acceptors (Lipinski definition) is 6. The Morgan fingerprint density at radius 1 is 0.943 bits per heavy atom. The van der Waals surface area contributed by atoms with Gasteiger partial charge in [-0.05, 0) is 60.8 Å². The molecule has 0 spiro atoms. The highest BCUT2D eigenvalue weighted by Crippen LogP contribution is 2.31. The normalized spacial score (nSPS) is 12.3. The van der Waals surface area contributed by atoms with E-state index in [1.807, 2.05) is 24.3 Å². The average Bonchev–Trinajstić information content (AvgIpc) is 3.24. The van der Waals surface area contributed by atoms with E-state index in [1.165, 1.54) is 17.2 Å². The quantitative estimate of drug-likeness (QED) is 0.179. The van der Waals surface area contributed by atoms with Crippen LogP contribution in [-0.2, 0) is 19.4 Å². The first kappa shape index (κ1) is 25.7. The third-order valence-corrected chi connectivity index (χ3v) is 7.45. The Kier molecular flexibility index (Phi) is 8.83. The van der Waals surface area contributed by atoms with Crippen LogP contribution in [0.1, 0.15) is 28.4 Å². The molecule has 0 aliphatic heterocycles. The molecule has 184 valence electrons. The number of nitrogens with one attached hydrogen (secondary N) is 3. The molecule has 0 amide bonds. The predicted octanol–water partition coefficient (Wildman–Crippen LogP) is 4.80. The molecule has 3 aromatic carbocycles. The number of aromatic nitrogens is 1. The lowest BCUT2D eigenvalue weighted by Crippen LogP contribution is -2.24. The Bertz CT molecular complexity index is 1340. The number of aromatic hydroxyl groups is 1. The molecule has 9 heteroatoms. The largest absolute Gasteiger partial charge is 0.506 e. The van der Waals surface area contributed by atoms with Crippen LogP contribution in [0.25, 0.3) is 10.2 Å². The van der Waals surface area contributed by atoms with Gasteiger partial charge < -0.3 is 25.8 Å². The molecule has 0 unspecified atom stereocenters. The monoisotopic (exact) mass is 531 g/mol. The summed E-state index contributed by atoms with van der Waals surface area (Å²) in [5.74, 6) is 0.00397. The zero-order chi connectivity index (χ0) is 24.8. The van der Waals surface area contributed by atoms with Crippen LogP contribution in [0, 0.1) is 0 Å². The number of H-pyrrole nitrogens is 1. The number of phenolic OH excluding ortho intramolecular Hbond substituents is 1. The lowest BCUT2D eigenvalue weighted by molar-refractivity contribution is 0.176. The van der Waals surface area contributed by atoms with Crippen molar-refractivity contribution in [2.45, 2.75) is 25.5 Å². The molecular weight excluding hydrogens is 505 g/mol. The fourth-order valence-corrected chi connectivity index (χ4v) is 5.50. The molecule has 4 rings (SSSR count). The minimum atomic E-state index is -0.785. The third kappa shape index (κ3) is 6.64. The summed E-state index contributed by atoms with van der Waals surface area (Å²) in [5, 5.41) is 28.6. The minimum Gasteiger partial charge on any atom is -0.506 e. The molecule has 0 fully saturated rings. The topological polar surface area (TPSA) is 97.4 Å². The van der Waals surface area contributed by atoms with E-state index in [4.69, 9.17) is 23.2 Å². The molecule has 0 saturated carbocycles. The number of rotatable bonds is 11. The fourth-order valence-electron chi connectivity index (χ4n) is 4.00. The van der Waals surface area contributed by atoms with E-state index in [1.54, 1.807) is 6.07 Å². The van der Waals surface area contributed by atoms with E-state index in [0.717, 1.165) is 42.8 Å². The molecule has 0 aliphatic rings. The standard InChI is InChI=1S/C26H27Cl2N3O3S/c27-20-5-2-6-21(28)18(20)10-12-29-14-17-4-1-3-16(13-17)9-11-30-15-23(33)19-7-8-22(32)24-25(19)35-26(34)31-24/h1-8,13,23,29-30,32-33H,9-12,14-15H2,(H,31,34)/t23-/m0/s1. The zero-order valence-corrected chi connectivity index (χ0v) is 21.3. The van der Waals surface area contributed by atoms with Crippen LogP contribution in [0.2, 0.25) is 10.0 Å². The molecule has 5 N–H and O–H groups in total. The Balaban J connectivity index is 1.23. The van der Waals surface area contributed by atoms with Gasteiger partial charge in [0, 0.05) is 28.7 Å². The van der Waals surface area contributed by atoms with Gasteiger partial charge in [-0.2, -0.15) is 0 Å². The average molecular weight is 532 g/mol. The van der Waals surface area contributed by atoms with Crippen LogP contribution in [0.5, 0.6) is 5.75 Å². The number of aromatic amines is 1. The van der Waals surface area contributed by atoms with Crippen molar-refractivity contribution in [3.05, 3.63) is 96.6 Å². The molecular formula is C26H27Cl2N3O3S. The van der Waals surface area contributed by atoms with Crippen LogP contribution in [0.4, 0.5) is 0 Å². The minimum absolute atomic E-state index is 0.00397. The number of phenols is 1. The number of fused-ring (bicyclic) bond motifs is 1. The summed E-state index contributed by atoms with van der Waals surface area (Å²) >= 11 is 13.5. The van der Waals surface area contributed by atoms with E-state index in [-0.39, 0.29) is 10.6 Å². The highest BCUT2D eigenvalue weighted by molar-refractivity contribution is 7.16. The van der Waals surface area contributed by atoms with Gasteiger partial charge in [0.05, 0.1) is 10.8 Å². The molecule has 1 aromatic heterocycles. The summed E-state index contributed by atoms with van der Waals surface area (Å²) in [6.07, 6.45) is 0.794. The van der Waals surface area contributed by atoms with E-state index < -0.39 is 6.10 Å². The van der Waals surface area contributed by atoms with Crippen molar-refractivity contribution >= 4 is 44.8 Å². The van der Waals surface area contributed by atoms with Gasteiger partial charge in [-0.1, -0.05) is 70.9 Å². The van der Waals surface area contributed by atoms with Crippen molar-refractivity contribution < 1.29 is 10.2 Å². The number of hydrogen-bond donors (Lipinski definition) is 5. The van der Waals surface area contributed by atoms with Crippen LogP contribution >= 0.6 is 34.5 Å². The Labute approximate surface area is 217 Å². The number of benzene rings is 3. The van der Waals surface area contributed by atoms with Crippen molar-refractivity contribution in [1.82, 2.24) is 15.6 Å². The summed E-state index contributed by atoms with van der Waals surface area (Å²) in [6.45, 7) is 2.56. The zero-order valence-electron chi connectivity index (χ0n) is 19.0. The van der Waals surface area contributed by atoms with E-state index in [0.29, 0.717) is 38.9 Å². The number of halogens is 2. The van der Waals surface area contributed by atoms with Gasteiger partial charge in [0.25, 0.3) is 0 Å². The second-order valence-corrected chi connectivity index (χ2v) is 10.1. The molecule has 1 heterocycles. The highest BCUT2D eigenvalue weighted by Gasteiger charge is 2.16. The highest BCUT2D eigenvalue weighted by atomic mass is 35.5. The summed E-state index contributed by atoms with van der Waals surface area (Å²) in [4.78, 5) is 14.0. The van der Waals surface area contributed by atoms with Gasteiger partial charge >= 0.3 is 4.87 Å². The molecule has 0 aliphatic carbocycles. The Morgan fingerprint density at radius 3 is 2.46 bits per heavy atom. The second kappa shape index (κ2) is 12.0. The van der Waals surface area contributed by atoms with Crippen molar-refractivity contribution in [2.24, 2.45) is 0 Å². The van der Waals surface area contributed by atoms with Gasteiger partial charge in [-0.15, -0.1) is 0 Å². The summed E-state index contributed by atoms with van der Waals surface area (Å²) in [7, 11) is 0. The lowest BCUT2D eigenvalue weighted by atomic mass is 10.1. The summed E-state index contributed by atoms with van der Waals surface area (Å²) in [5.41, 5.74) is 4.36. The molecule has 0 saturated heterocycles. The fraction of sp³-hybridized carbons (Fsp3) is 0.269. The SMILES string of the molecule is O=c1[nH]c2c(O)ccc([C@@H](O)CNCCc3cccc(CNCCc4c(Cl)cccc4Cl)c3)c2s1. The molecule has 4 aromatic rings.